The minimum Gasteiger partial charge on any atom is -0.461 e. The zero-order chi connectivity index (χ0) is 23.6. The van der Waals surface area contributed by atoms with Crippen LogP contribution in [0.15, 0.2) is 66.7 Å². The average Bonchev–Trinajstić information content (AvgIpc) is 3.12. The van der Waals surface area contributed by atoms with E-state index in [1.807, 2.05) is 56.4 Å². The van der Waals surface area contributed by atoms with Crippen molar-refractivity contribution >= 4 is 29.9 Å². The van der Waals surface area contributed by atoms with E-state index in [0.717, 1.165) is 27.8 Å². The fourth-order valence-electron chi connectivity index (χ4n) is 3.93. The molecule has 33 heavy (non-hydrogen) atoms. The molecule has 0 aliphatic heterocycles. The first-order valence-corrected chi connectivity index (χ1v) is 12.0. The molecule has 1 aliphatic carbocycles. The summed E-state index contributed by atoms with van der Waals surface area (Å²) in [5, 5.41) is 0. The summed E-state index contributed by atoms with van der Waals surface area (Å²) in [5.41, 5.74) is 4.42. The summed E-state index contributed by atoms with van der Waals surface area (Å²) in [7, 11) is -2.35. The molecule has 0 amide bonds. The second-order valence-corrected chi connectivity index (χ2v) is 9.21. The lowest BCUT2D eigenvalue weighted by Crippen LogP contribution is -2.20. The first-order valence-electron chi connectivity index (χ1n) is 10.4. The number of ether oxygens (including phenoxy) is 2. The Hall–Kier alpha value is -3.43. The van der Waals surface area contributed by atoms with Gasteiger partial charge in [0, 0.05) is 0 Å². The minimum absolute atomic E-state index is 0.00421. The Labute approximate surface area is 192 Å². The maximum absolute atomic E-state index is 13.4. The number of hydrogen-bond donors (Lipinski definition) is 1. The van der Waals surface area contributed by atoms with E-state index in [2.05, 4.69) is 0 Å². The summed E-state index contributed by atoms with van der Waals surface area (Å²) >= 11 is 0. The van der Waals surface area contributed by atoms with Crippen LogP contribution in [0.1, 0.15) is 33.0 Å². The van der Waals surface area contributed by atoms with Gasteiger partial charge >= 0.3 is 11.9 Å². The Morgan fingerprint density at radius 1 is 0.939 bits per heavy atom. The number of carbonyl (C=O) groups is 2. The van der Waals surface area contributed by atoms with E-state index in [1.54, 1.807) is 12.1 Å². The van der Waals surface area contributed by atoms with Crippen LogP contribution >= 0.6 is 0 Å². The molecule has 0 aromatic heterocycles. The van der Waals surface area contributed by atoms with Crippen molar-refractivity contribution in [1.29, 1.82) is 0 Å². The molecule has 0 heterocycles. The Bertz CT molecular complexity index is 1290. The van der Waals surface area contributed by atoms with Gasteiger partial charge in [-0.25, -0.2) is 4.79 Å². The van der Waals surface area contributed by atoms with Gasteiger partial charge in [-0.2, -0.15) is 8.42 Å². The molecular formula is C24H21BO7S. The smallest absolute Gasteiger partial charge is 0.341 e. The van der Waals surface area contributed by atoms with Crippen LogP contribution in [0.2, 0.25) is 0 Å². The number of rotatable bonds is 7. The van der Waals surface area contributed by atoms with Crippen LogP contribution in [0, 0.1) is 0 Å². The highest BCUT2D eigenvalue weighted by molar-refractivity contribution is 7.85. The monoisotopic (exact) mass is 464 g/mol. The van der Waals surface area contributed by atoms with E-state index in [-0.39, 0.29) is 11.3 Å². The van der Waals surface area contributed by atoms with E-state index in [0.29, 0.717) is 6.32 Å². The largest absolute Gasteiger partial charge is 0.461 e. The van der Waals surface area contributed by atoms with Crippen molar-refractivity contribution in [2.75, 3.05) is 12.4 Å². The van der Waals surface area contributed by atoms with Crippen molar-refractivity contribution in [3.8, 4) is 16.9 Å². The lowest BCUT2D eigenvalue weighted by atomic mass is 9.95. The summed E-state index contributed by atoms with van der Waals surface area (Å²) in [5.74, 6) is -2.72. The summed E-state index contributed by atoms with van der Waals surface area (Å²) < 4.78 is 41.3. The van der Waals surface area contributed by atoms with E-state index >= 15 is 0 Å². The topological polar surface area (TPSA) is 107 Å². The molecular weight excluding hydrogens is 443 g/mol. The van der Waals surface area contributed by atoms with Crippen molar-refractivity contribution in [1.82, 2.24) is 0 Å². The van der Waals surface area contributed by atoms with Crippen molar-refractivity contribution in [2.24, 2.45) is 0 Å². The summed E-state index contributed by atoms with van der Waals surface area (Å²) in [6.07, 6.45) is 0.651. The molecule has 7 nitrogen and oxygen atoms in total. The molecule has 9 heteroatoms. The van der Waals surface area contributed by atoms with E-state index in [9.17, 15) is 18.0 Å². The van der Waals surface area contributed by atoms with Gasteiger partial charge in [-0.15, -0.1) is 0 Å². The number of hydrogen-bond acceptors (Lipinski definition) is 6. The van der Waals surface area contributed by atoms with Crippen molar-refractivity contribution < 1.29 is 32.0 Å². The summed E-state index contributed by atoms with van der Waals surface area (Å²) in [4.78, 5) is 25.9. The molecule has 0 radical (unpaired) electrons. The number of esters is 2. The third kappa shape index (κ3) is 4.84. The second-order valence-electron chi connectivity index (χ2n) is 7.63. The fraction of sp³-hybridized carbons (Fsp3) is 0.167. The molecule has 0 spiro atoms. The van der Waals surface area contributed by atoms with Gasteiger partial charge in [0.1, 0.15) is 37.4 Å². The predicted octanol–water partition coefficient (Wildman–Crippen LogP) is 2.58. The standard InChI is InChI=1S/C24H21BO7S/c25-14-15-9-10-20(23(26)31-11-12-33(28,29)30)21(13-15)32-24(27)22-18-7-3-1-5-16(18)17-6-2-4-8-19(17)22/h1-10,13,22H,11-12,14,25H2,(H,28,29,30). The molecule has 3 aromatic carbocycles. The van der Waals surface area contributed by atoms with E-state index in [4.69, 9.17) is 14.0 Å². The number of fused-ring (bicyclic) bond motifs is 3. The first kappa shape index (κ1) is 22.8. The lowest BCUT2D eigenvalue weighted by molar-refractivity contribution is -0.135. The summed E-state index contributed by atoms with van der Waals surface area (Å²) in [6, 6.07) is 20.0. The van der Waals surface area contributed by atoms with Crippen molar-refractivity contribution in [2.45, 2.75) is 12.2 Å². The van der Waals surface area contributed by atoms with Gasteiger partial charge in [-0.05, 0) is 34.4 Å². The maximum Gasteiger partial charge on any atom is 0.341 e. The molecule has 1 aliphatic rings. The minimum atomic E-state index is -4.27. The number of carbonyl (C=O) groups excluding carboxylic acids is 2. The van der Waals surface area contributed by atoms with Crippen LogP contribution in [0.5, 0.6) is 5.75 Å². The molecule has 168 valence electrons. The van der Waals surface area contributed by atoms with Gasteiger partial charge in [0.25, 0.3) is 10.1 Å². The van der Waals surface area contributed by atoms with Crippen LogP contribution in [-0.2, 0) is 26.0 Å². The SMILES string of the molecule is BCc1ccc(C(=O)OCCS(=O)(=O)O)c(OC(=O)C2c3ccccc3-c3ccccc32)c1. The van der Waals surface area contributed by atoms with Crippen LogP contribution < -0.4 is 4.74 Å². The molecule has 1 N–H and O–H groups in total. The fourth-order valence-corrected chi connectivity index (χ4v) is 4.23. The van der Waals surface area contributed by atoms with Gasteiger partial charge in [0.2, 0.25) is 0 Å². The highest BCUT2D eigenvalue weighted by atomic mass is 32.2. The molecule has 0 fully saturated rings. The normalized spacial score (nSPS) is 12.6. The zero-order valence-corrected chi connectivity index (χ0v) is 18.7. The summed E-state index contributed by atoms with van der Waals surface area (Å²) in [6.45, 7) is -0.524. The molecule has 0 saturated carbocycles. The quantitative estimate of drug-likeness (QED) is 0.248. The van der Waals surface area contributed by atoms with Gasteiger partial charge in [-0.3, -0.25) is 9.35 Å². The van der Waals surface area contributed by atoms with Gasteiger partial charge in [-0.1, -0.05) is 66.5 Å². The maximum atomic E-state index is 13.4. The Morgan fingerprint density at radius 2 is 1.55 bits per heavy atom. The molecule has 0 atom stereocenters. The van der Waals surface area contributed by atoms with E-state index < -0.39 is 40.3 Å². The van der Waals surface area contributed by atoms with Crippen LogP contribution in [0.4, 0.5) is 0 Å². The molecule has 0 unspecified atom stereocenters. The van der Waals surface area contributed by atoms with Crippen LogP contribution in [-0.4, -0.2) is 45.1 Å². The molecule has 0 saturated heterocycles. The van der Waals surface area contributed by atoms with Crippen molar-refractivity contribution in [3.05, 3.63) is 89.0 Å². The van der Waals surface area contributed by atoms with Crippen LogP contribution in [0.25, 0.3) is 11.1 Å². The number of benzene rings is 3. The Balaban J connectivity index is 1.64. The molecule has 4 rings (SSSR count). The predicted molar refractivity (Wildman–Crippen MR) is 125 cm³/mol. The Kier molecular flexibility index (Phi) is 6.35. The highest BCUT2D eigenvalue weighted by Gasteiger charge is 2.35. The van der Waals surface area contributed by atoms with Crippen LogP contribution in [0.3, 0.4) is 0 Å². The Morgan fingerprint density at radius 3 is 2.12 bits per heavy atom. The first-order chi connectivity index (χ1) is 15.8. The van der Waals surface area contributed by atoms with E-state index in [1.165, 1.54) is 6.07 Å². The van der Waals surface area contributed by atoms with Crippen molar-refractivity contribution in [3.63, 3.8) is 0 Å². The zero-order valence-electron chi connectivity index (χ0n) is 17.9. The van der Waals surface area contributed by atoms with Gasteiger partial charge in [0.05, 0.1) is 0 Å². The molecule has 3 aromatic rings. The van der Waals surface area contributed by atoms with Gasteiger partial charge in [0.15, 0.2) is 0 Å². The average molecular weight is 464 g/mol. The second kappa shape index (κ2) is 9.21. The third-order valence-corrected chi connectivity index (χ3v) is 6.21. The van der Waals surface area contributed by atoms with Gasteiger partial charge < -0.3 is 9.47 Å². The highest BCUT2D eigenvalue weighted by Crippen LogP contribution is 2.45. The third-order valence-electron chi connectivity index (χ3n) is 5.53. The lowest BCUT2D eigenvalue weighted by Gasteiger charge is -2.16. The molecule has 0 bridgehead atoms.